The number of thioether (sulfide) groups is 1. The summed E-state index contributed by atoms with van der Waals surface area (Å²) in [6, 6.07) is 19.8. The number of carbonyl (C=O) groups is 2. The molecule has 0 N–H and O–H groups in total. The van der Waals surface area contributed by atoms with Crippen LogP contribution < -0.4 is 14.2 Å². The molecule has 1 heterocycles. The molecule has 2 amide bonds. The molecule has 0 bridgehead atoms. The van der Waals surface area contributed by atoms with Gasteiger partial charge < -0.3 is 14.2 Å². The second-order valence-electron chi connectivity index (χ2n) is 10.1. The number of imide groups is 1. The summed E-state index contributed by atoms with van der Waals surface area (Å²) in [6.07, 6.45) is 4.10. The van der Waals surface area contributed by atoms with Gasteiger partial charge in [0.05, 0.1) is 18.1 Å². The number of carbonyl (C=O) groups excluding carboxylic acids is 2. The van der Waals surface area contributed by atoms with Crippen molar-refractivity contribution < 1.29 is 23.8 Å². The van der Waals surface area contributed by atoms with Crippen molar-refractivity contribution in [3.05, 3.63) is 106 Å². The van der Waals surface area contributed by atoms with E-state index >= 15 is 0 Å². The Morgan fingerprint density at radius 1 is 0.976 bits per heavy atom. The van der Waals surface area contributed by atoms with Gasteiger partial charge in [0.25, 0.3) is 11.1 Å². The van der Waals surface area contributed by atoms with Gasteiger partial charge in [0.1, 0.15) is 19.0 Å². The van der Waals surface area contributed by atoms with E-state index in [1.165, 1.54) is 4.90 Å². The topological polar surface area (TPSA) is 65.1 Å². The molecule has 6 nitrogen and oxygen atoms in total. The SMILES string of the molecule is C=CCc1cc(/C=C2\SC(=O)N(CCOc3cc(C)ccc3C(C)C)C2=O)cc(OCC)c1OCc1ccccc1. The summed E-state index contributed by atoms with van der Waals surface area (Å²) >= 11 is 0.934. The fourth-order valence-electron chi connectivity index (χ4n) is 4.56. The molecule has 4 rings (SSSR count). The van der Waals surface area contributed by atoms with E-state index in [4.69, 9.17) is 14.2 Å². The van der Waals surface area contributed by atoms with Crippen LogP contribution in [0, 0.1) is 6.92 Å². The predicted molar refractivity (Wildman–Crippen MR) is 166 cm³/mol. The number of allylic oxidation sites excluding steroid dienone is 1. The minimum absolute atomic E-state index is 0.172. The second kappa shape index (κ2) is 14.1. The third kappa shape index (κ3) is 7.61. The molecule has 3 aromatic carbocycles. The van der Waals surface area contributed by atoms with Gasteiger partial charge in [0, 0.05) is 5.56 Å². The maximum atomic E-state index is 13.2. The molecule has 0 saturated carbocycles. The molecule has 0 unspecified atom stereocenters. The fourth-order valence-corrected chi connectivity index (χ4v) is 5.43. The van der Waals surface area contributed by atoms with Crippen LogP contribution in [0.2, 0.25) is 0 Å². The smallest absolute Gasteiger partial charge is 0.293 e. The first-order valence-corrected chi connectivity index (χ1v) is 14.7. The zero-order chi connectivity index (χ0) is 29.4. The number of hydrogen-bond acceptors (Lipinski definition) is 6. The standard InChI is InChI=1S/C34H37NO5S/c1-6-11-27-19-26(20-30(38-7-2)32(27)40-22-25-12-9-8-10-13-25)21-31-33(36)35(34(37)41-31)16-17-39-29-18-24(5)14-15-28(29)23(3)4/h6,8-10,12-15,18-21,23H,1,7,11,16-17,22H2,2-5H3/b31-21-. The summed E-state index contributed by atoms with van der Waals surface area (Å²) in [5.41, 5.74) is 4.88. The zero-order valence-corrected chi connectivity index (χ0v) is 25.0. The highest BCUT2D eigenvalue weighted by atomic mass is 32.2. The molecule has 1 fully saturated rings. The Balaban J connectivity index is 1.51. The van der Waals surface area contributed by atoms with E-state index in [1.54, 1.807) is 12.2 Å². The largest absolute Gasteiger partial charge is 0.491 e. The van der Waals surface area contributed by atoms with E-state index in [-0.39, 0.29) is 24.3 Å². The van der Waals surface area contributed by atoms with E-state index in [2.05, 4.69) is 32.6 Å². The Bertz CT molecular complexity index is 1430. The molecular weight excluding hydrogens is 534 g/mol. The average Bonchev–Trinajstić information content (AvgIpc) is 3.20. The molecule has 0 spiro atoms. The number of aryl methyl sites for hydroxylation is 1. The highest BCUT2D eigenvalue weighted by molar-refractivity contribution is 8.18. The van der Waals surface area contributed by atoms with Crippen molar-refractivity contribution in [1.29, 1.82) is 0 Å². The second-order valence-corrected chi connectivity index (χ2v) is 11.1. The summed E-state index contributed by atoms with van der Waals surface area (Å²) in [5, 5.41) is -0.308. The first-order valence-electron chi connectivity index (χ1n) is 13.9. The molecule has 3 aromatic rings. The van der Waals surface area contributed by atoms with E-state index in [0.29, 0.717) is 42.0 Å². The van der Waals surface area contributed by atoms with Crippen LogP contribution in [0.5, 0.6) is 17.2 Å². The van der Waals surface area contributed by atoms with Crippen molar-refractivity contribution in [2.45, 2.75) is 46.6 Å². The molecule has 0 radical (unpaired) electrons. The van der Waals surface area contributed by atoms with Gasteiger partial charge in [-0.25, -0.2) is 0 Å². The van der Waals surface area contributed by atoms with Gasteiger partial charge in [0.15, 0.2) is 11.5 Å². The molecule has 1 saturated heterocycles. The van der Waals surface area contributed by atoms with Crippen LogP contribution >= 0.6 is 11.8 Å². The van der Waals surface area contributed by atoms with Crippen molar-refractivity contribution >= 4 is 29.0 Å². The van der Waals surface area contributed by atoms with Crippen molar-refractivity contribution in [2.75, 3.05) is 19.8 Å². The van der Waals surface area contributed by atoms with Gasteiger partial charge in [-0.15, -0.1) is 6.58 Å². The van der Waals surface area contributed by atoms with Gasteiger partial charge in [-0.3, -0.25) is 14.5 Å². The van der Waals surface area contributed by atoms with Gasteiger partial charge >= 0.3 is 0 Å². The maximum Gasteiger partial charge on any atom is 0.293 e. The normalized spacial score (nSPS) is 14.2. The maximum absolute atomic E-state index is 13.2. The van der Waals surface area contributed by atoms with Gasteiger partial charge in [0.2, 0.25) is 0 Å². The molecule has 214 valence electrons. The minimum atomic E-state index is -0.329. The van der Waals surface area contributed by atoms with Crippen LogP contribution in [0.1, 0.15) is 54.5 Å². The van der Waals surface area contributed by atoms with Crippen LogP contribution in [0.3, 0.4) is 0 Å². The molecule has 1 aliphatic heterocycles. The Hall–Kier alpha value is -3.97. The summed E-state index contributed by atoms with van der Waals surface area (Å²) in [4.78, 5) is 27.6. The lowest BCUT2D eigenvalue weighted by molar-refractivity contribution is -0.123. The Morgan fingerprint density at radius 3 is 2.46 bits per heavy atom. The van der Waals surface area contributed by atoms with Crippen molar-refractivity contribution in [3.8, 4) is 17.2 Å². The van der Waals surface area contributed by atoms with Gasteiger partial charge in [-0.05, 0) is 84.5 Å². The highest BCUT2D eigenvalue weighted by Gasteiger charge is 2.35. The average molecular weight is 572 g/mol. The van der Waals surface area contributed by atoms with Crippen LogP contribution in [-0.2, 0) is 17.8 Å². The quantitative estimate of drug-likeness (QED) is 0.153. The van der Waals surface area contributed by atoms with E-state index in [1.807, 2.05) is 62.4 Å². The monoisotopic (exact) mass is 571 g/mol. The molecule has 0 aliphatic carbocycles. The number of nitrogens with zero attached hydrogens (tertiary/aromatic N) is 1. The lowest BCUT2D eigenvalue weighted by Crippen LogP contribution is -2.32. The lowest BCUT2D eigenvalue weighted by atomic mass is 10.0. The number of ether oxygens (including phenoxy) is 3. The first-order chi connectivity index (χ1) is 19.8. The summed E-state index contributed by atoms with van der Waals surface area (Å²) in [5.74, 6) is 1.99. The van der Waals surface area contributed by atoms with Crippen molar-refractivity contribution in [1.82, 2.24) is 4.90 Å². The van der Waals surface area contributed by atoms with Crippen molar-refractivity contribution in [3.63, 3.8) is 0 Å². The van der Waals surface area contributed by atoms with E-state index in [0.717, 1.165) is 45.3 Å². The third-order valence-corrected chi connectivity index (χ3v) is 7.49. The highest BCUT2D eigenvalue weighted by Crippen LogP contribution is 2.38. The molecule has 1 aliphatic rings. The number of hydrogen-bond donors (Lipinski definition) is 0. The zero-order valence-electron chi connectivity index (χ0n) is 24.1. The third-order valence-electron chi connectivity index (χ3n) is 6.58. The number of benzene rings is 3. The van der Waals surface area contributed by atoms with Crippen LogP contribution in [0.4, 0.5) is 4.79 Å². The minimum Gasteiger partial charge on any atom is -0.491 e. The lowest BCUT2D eigenvalue weighted by Gasteiger charge is -2.17. The molecule has 41 heavy (non-hydrogen) atoms. The van der Waals surface area contributed by atoms with Crippen LogP contribution in [0.15, 0.2) is 78.2 Å². The van der Waals surface area contributed by atoms with E-state index in [9.17, 15) is 9.59 Å². The van der Waals surface area contributed by atoms with Gasteiger partial charge in [-0.2, -0.15) is 0 Å². The molecule has 0 atom stereocenters. The molecule has 7 heteroatoms. The van der Waals surface area contributed by atoms with E-state index < -0.39 is 0 Å². The Kier molecular flexibility index (Phi) is 10.3. The van der Waals surface area contributed by atoms with Crippen LogP contribution in [-0.4, -0.2) is 35.8 Å². The van der Waals surface area contributed by atoms with Crippen molar-refractivity contribution in [2.24, 2.45) is 0 Å². The predicted octanol–water partition coefficient (Wildman–Crippen LogP) is 7.94. The Morgan fingerprint density at radius 2 is 1.76 bits per heavy atom. The number of rotatable bonds is 13. The first kappa shape index (κ1) is 30.0. The van der Waals surface area contributed by atoms with Gasteiger partial charge in [-0.1, -0.05) is 62.4 Å². The molecule has 0 aromatic heterocycles. The summed E-state index contributed by atoms with van der Waals surface area (Å²) in [6.45, 7) is 13.3. The van der Waals surface area contributed by atoms with Crippen LogP contribution in [0.25, 0.3) is 6.08 Å². The number of amides is 2. The molecular formula is C34H37NO5S. The fraction of sp³-hybridized carbons (Fsp3) is 0.294. The summed E-state index contributed by atoms with van der Waals surface area (Å²) in [7, 11) is 0. The summed E-state index contributed by atoms with van der Waals surface area (Å²) < 4.78 is 18.2. The Labute approximate surface area is 247 Å².